The molecule has 5 rings (SSSR count). The fraction of sp³-hybridized carbons (Fsp3) is 0.167. The van der Waals surface area contributed by atoms with Gasteiger partial charge < -0.3 is 15.0 Å². The first-order valence-electron chi connectivity index (χ1n) is 10.6. The normalized spacial score (nSPS) is 14.0. The molecule has 0 radical (unpaired) electrons. The van der Waals surface area contributed by atoms with E-state index in [2.05, 4.69) is 69.8 Å². The van der Waals surface area contributed by atoms with Crippen LogP contribution in [0.2, 0.25) is 0 Å². The van der Waals surface area contributed by atoms with E-state index in [1.165, 1.54) is 0 Å². The molecule has 1 saturated heterocycles. The number of hydrazone groups is 1. The minimum absolute atomic E-state index is 0.364. The first kappa shape index (κ1) is 21.3. The Morgan fingerprint density at radius 1 is 0.879 bits per heavy atom. The molecule has 0 spiro atoms. The number of nitrogens with one attached hydrogen (secondary N) is 2. The van der Waals surface area contributed by atoms with Crippen LogP contribution in [0.3, 0.4) is 0 Å². The molecule has 0 bridgehead atoms. The molecule has 1 aromatic heterocycles. The summed E-state index contributed by atoms with van der Waals surface area (Å²) in [4.78, 5) is 15.9. The third-order valence-electron chi connectivity index (χ3n) is 5.20. The van der Waals surface area contributed by atoms with Crippen LogP contribution < -0.4 is 15.6 Å². The van der Waals surface area contributed by atoms with Gasteiger partial charge in [0.2, 0.25) is 17.8 Å². The van der Waals surface area contributed by atoms with Crippen molar-refractivity contribution in [3.8, 4) is 0 Å². The quantitative estimate of drug-likeness (QED) is 0.288. The molecule has 1 fully saturated rings. The highest BCUT2D eigenvalue weighted by Gasteiger charge is 2.17. The lowest BCUT2D eigenvalue weighted by Crippen LogP contribution is -2.37. The predicted octanol–water partition coefficient (Wildman–Crippen LogP) is 4.81. The average molecular weight is 504 g/mol. The number of benzene rings is 3. The third-order valence-corrected chi connectivity index (χ3v) is 5.73. The van der Waals surface area contributed by atoms with Crippen molar-refractivity contribution < 1.29 is 4.74 Å². The van der Waals surface area contributed by atoms with E-state index in [0.717, 1.165) is 39.6 Å². The van der Waals surface area contributed by atoms with Crippen molar-refractivity contribution in [3.63, 3.8) is 0 Å². The van der Waals surface area contributed by atoms with Crippen molar-refractivity contribution in [3.05, 3.63) is 76.8 Å². The Bertz CT molecular complexity index is 1270. The minimum atomic E-state index is 0.364. The maximum Gasteiger partial charge on any atom is 0.250 e. The Hall–Kier alpha value is -3.56. The minimum Gasteiger partial charge on any atom is -0.378 e. The van der Waals surface area contributed by atoms with Crippen molar-refractivity contribution in [1.82, 2.24) is 15.0 Å². The lowest BCUT2D eigenvalue weighted by molar-refractivity contribution is 0.122. The van der Waals surface area contributed by atoms with Gasteiger partial charge >= 0.3 is 0 Å². The zero-order valence-corrected chi connectivity index (χ0v) is 19.4. The number of nitrogens with zero attached hydrogens (tertiary/aromatic N) is 5. The molecule has 33 heavy (non-hydrogen) atoms. The van der Waals surface area contributed by atoms with Crippen molar-refractivity contribution in [2.45, 2.75) is 0 Å². The van der Waals surface area contributed by atoms with E-state index < -0.39 is 0 Å². The van der Waals surface area contributed by atoms with Crippen molar-refractivity contribution in [2.24, 2.45) is 5.10 Å². The molecule has 166 valence electrons. The van der Waals surface area contributed by atoms with E-state index in [-0.39, 0.29) is 0 Å². The largest absolute Gasteiger partial charge is 0.378 e. The fourth-order valence-electron chi connectivity index (χ4n) is 3.54. The molecule has 0 atom stereocenters. The van der Waals surface area contributed by atoms with E-state index >= 15 is 0 Å². The lowest BCUT2D eigenvalue weighted by atomic mass is 10.1. The molecule has 0 aliphatic carbocycles. The summed E-state index contributed by atoms with van der Waals surface area (Å²) in [5.41, 5.74) is 4.84. The van der Waals surface area contributed by atoms with Crippen LogP contribution >= 0.6 is 15.9 Å². The highest BCUT2D eigenvalue weighted by molar-refractivity contribution is 9.10. The Labute approximate surface area is 199 Å². The number of anilines is 4. The van der Waals surface area contributed by atoms with Gasteiger partial charge in [-0.05, 0) is 29.1 Å². The smallest absolute Gasteiger partial charge is 0.250 e. The zero-order chi connectivity index (χ0) is 22.5. The number of hydrogen-bond acceptors (Lipinski definition) is 8. The van der Waals surface area contributed by atoms with Crippen LogP contribution in [0.5, 0.6) is 0 Å². The number of aromatic nitrogens is 3. The third kappa shape index (κ3) is 5.27. The highest BCUT2D eigenvalue weighted by atomic mass is 79.9. The first-order valence-corrected chi connectivity index (χ1v) is 11.4. The number of hydrogen-bond donors (Lipinski definition) is 2. The first-order chi connectivity index (χ1) is 16.2. The molecular formula is C24H22BrN7O. The highest BCUT2D eigenvalue weighted by Crippen LogP contribution is 2.26. The van der Waals surface area contributed by atoms with Crippen molar-refractivity contribution >= 4 is 56.4 Å². The second-order valence-corrected chi connectivity index (χ2v) is 8.37. The van der Waals surface area contributed by atoms with Gasteiger partial charge in [0, 0.05) is 28.6 Å². The van der Waals surface area contributed by atoms with Gasteiger partial charge in [-0.25, -0.2) is 5.43 Å². The van der Waals surface area contributed by atoms with E-state index in [9.17, 15) is 0 Å². The SMILES string of the molecule is Brc1ccc(/C=N/Nc2nc(Nc3cccc4ccccc34)nc(N3CCOCC3)n2)cc1. The molecule has 3 aromatic carbocycles. The maximum absolute atomic E-state index is 5.48. The van der Waals surface area contributed by atoms with Gasteiger partial charge in [0.05, 0.1) is 19.4 Å². The molecule has 1 aliphatic heterocycles. The standard InChI is InChI=1S/C24H22BrN7O/c25-19-10-8-17(9-11-19)16-26-31-23-28-22(29-24(30-23)32-12-14-33-15-13-32)27-21-7-3-5-18-4-1-2-6-20(18)21/h1-11,16H,12-15H2,(H2,27,28,29,30,31)/b26-16+. The summed E-state index contributed by atoms with van der Waals surface area (Å²) >= 11 is 3.44. The molecule has 2 heterocycles. The van der Waals surface area contributed by atoms with Crippen LogP contribution in [0.15, 0.2) is 76.3 Å². The van der Waals surface area contributed by atoms with E-state index in [0.29, 0.717) is 31.1 Å². The molecule has 4 aromatic rings. The summed E-state index contributed by atoms with van der Waals surface area (Å²) < 4.78 is 6.49. The maximum atomic E-state index is 5.48. The van der Waals surface area contributed by atoms with Crippen LogP contribution in [0.25, 0.3) is 10.8 Å². The fourth-order valence-corrected chi connectivity index (χ4v) is 3.81. The van der Waals surface area contributed by atoms with Gasteiger partial charge in [-0.15, -0.1) is 0 Å². The summed E-state index contributed by atoms with van der Waals surface area (Å²) in [6, 6.07) is 22.2. The van der Waals surface area contributed by atoms with Gasteiger partial charge in [-0.3, -0.25) is 0 Å². The number of fused-ring (bicyclic) bond motifs is 1. The van der Waals surface area contributed by atoms with Crippen LogP contribution in [0.4, 0.5) is 23.5 Å². The molecule has 0 saturated carbocycles. The van der Waals surface area contributed by atoms with Gasteiger partial charge in [0.1, 0.15) is 0 Å². The van der Waals surface area contributed by atoms with Gasteiger partial charge in [0.15, 0.2) is 0 Å². The van der Waals surface area contributed by atoms with Crippen LogP contribution in [0.1, 0.15) is 5.56 Å². The molecule has 9 heteroatoms. The van der Waals surface area contributed by atoms with Crippen LogP contribution in [0, 0.1) is 0 Å². The molecular weight excluding hydrogens is 482 g/mol. The van der Waals surface area contributed by atoms with Crippen LogP contribution in [-0.4, -0.2) is 47.5 Å². The zero-order valence-electron chi connectivity index (χ0n) is 17.8. The Morgan fingerprint density at radius 3 is 2.48 bits per heavy atom. The second-order valence-electron chi connectivity index (χ2n) is 7.46. The summed E-state index contributed by atoms with van der Waals surface area (Å²) in [7, 11) is 0. The Balaban J connectivity index is 1.44. The monoisotopic (exact) mass is 503 g/mol. The summed E-state index contributed by atoms with van der Waals surface area (Å²) in [5.74, 6) is 1.39. The van der Waals surface area contributed by atoms with Crippen molar-refractivity contribution in [1.29, 1.82) is 0 Å². The van der Waals surface area contributed by atoms with Gasteiger partial charge in [-0.1, -0.05) is 64.5 Å². The Kier molecular flexibility index (Phi) is 6.41. The van der Waals surface area contributed by atoms with E-state index in [4.69, 9.17) is 4.74 Å². The number of ether oxygens (including phenoxy) is 1. The lowest BCUT2D eigenvalue weighted by Gasteiger charge is -2.27. The number of halogens is 1. The molecule has 2 N–H and O–H groups in total. The summed E-state index contributed by atoms with van der Waals surface area (Å²) in [5, 5.41) is 9.91. The number of morpholine rings is 1. The van der Waals surface area contributed by atoms with E-state index in [1.807, 2.05) is 48.5 Å². The topological polar surface area (TPSA) is 87.6 Å². The average Bonchev–Trinajstić information content (AvgIpc) is 2.86. The second kappa shape index (κ2) is 9.93. The predicted molar refractivity (Wildman–Crippen MR) is 135 cm³/mol. The molecule has 1 aliphatic rings. The number of rotatable bonds is 6. The summed E-state index contributed by atoms with van der Waals surface area (Å²) in [6.07, 6.45) is 1.72. The van der Waals surface area contributed by atoms with Gasteiger partial charge in [-0.2, -0.15) is 20.1 Å². The Morgan fingerprint density at radius 2 is 1.64 bits per heavy atom. The van der Waals surface area contributed by atoms with Gasteiger partial charge in [0.25, 0.3) is 0 Å². The van der Waals surface area contributed by atoms with E-state index in [1.54, 1.807) is 6.21 Å². The molecule has 8 nitrogen and oxygen atoms in total. The van der Waals surface area contributed by atoms with Crippen LogP contribution in [-0.2, 0) is 4.74 Å². The summed E-state index contributed by atoms with van der Waals surface area (Å²) in [6.45, 7) is 2.73. The van der Waals surface area contributed by atoms with Crippen molar-refractivity contribution in [2.75, 3.05) is 41.9 Å². The molecule has 0 unspecified atom stereocenters. The molecule has 0 amide bonds.